The van der Waals surface area contributed by atoms with Crippen molar-refractivity contribution in [3.63, 3.8) is 0 Å². The number of nitrogens with zero attached hydrogens (tertiary/aromatic N) is 2. The molecular formula is C14H24N2O4. The van der Waals surface area contributed by atoms with Crippen LogP contribution in [0, 0.1) is 0 Å². The van der Waals surface area contributed by atoms with E-state index in [4.69, 9.17) is 9.84 Å². The van der Waals surface area contributed by atoms with Crippen molar-refractivity contribution in [2.24, 2.45) is 0 Å². The van der Waals surface area contributed by atoms with E-state index in [9.17, 15) is 9.59 Å². The molecule has 0 aromatic heterocycles. The molecule has 2 aliphatic rings. The second kappa shape index (κ2) is 7.59. The third kappa shape index (κ3) is 4.76. The number of carbonyl (C=O) groups excluding carboxylic acids is 1. The Morgan fingerprint density at radius 2 is 1.90 bits per heavy atom. The minimum Gasteiger partial charge on any atom is -0.481 e. The molecule has 0 saturated carbocycles. The molecule has 2 rings (SSSR count). The second-order valence-corrected chi connectivity index (χ2v) is 5.54. The Morgan fingerprint density at radius 3 is 2.50 bits per heavy atom. The molecular weight excluding hydrogens is 260 g/mol. The van der Waals surface area contributed by atoms with Crippen LogP contribution in [0.4, 0.5) is 0 Å². The first-order chi connectivity index (χ1) is 9.65. The lowest BCUT2D eigenvalue weighted by molar-refractivity contribution is -0.138. The Morgan fingerprint density at radius 1 is 1.15 bits per heavy atom. The number of amides is 1. The van der Waals surface area contributed by atoms with E-state index < -0.39 is 5.97 Å². The van der Waals surface area contributed by atoms with Crippen LogP contribution in [0.25, 0.3) is 0 Å². The number of ether oxygens (including phenoxy) is 1. The molecule has 0 aliphatic carbocycles. The number of carbonyl (C=O) groups is 2. The van der Waals surface area contributed by atoms with E-state index in [1.807, 2.05) is 4.90 Å². The third-order valence-electron chi connectivity index (χ3n) is 4.07. The van der Waals surface area contributed by atoms with Crippen LogP contribution in [0.15, 0.2) is 0 Å². The number of aliphatic carboxylic acids is 1. The Labute approximate surface area is 119 Å². The Kier molecular flexibility index (Phi) is 5.79. The van der Waals surface area contributed by atoms with Gasteiger partial charge in [0.2, 0.25) is 5.91 Å². The number of rotatable bonds is 6. The van der Waals surface area contributed by atoms with Gasteiger partial charge in [-0.15, -0.1) is 0 Å². The first-order valence-electron chi connectivity index (χ1n) is 7.48. The van der Waals surface area contributed by atoms with Gasteiger partial charge in [0, 0.05) is 45.8 Å². The van der Waals surface area contributed by atoms with Crippen LogP contribution in [0.2, 0.25) is 0 Å². The van der Waals surface area contributed by atoms with Crippen molar-refractivity contribution >= 4 is 11.9 Å². The highest BCUT2D eigenvalue weighted by Gasteiger charge is 2.23. The van der Waals surface area contributed by atoms with Crippen molar-refractivity contribution < 1.29 is 19.4 Å². The first-order valence-corrected chi connectivity index (χ1v) is 7.48. The third-order valence-corrected chi connectivity index (χ3v) is 4.07. The topological polar surface area (TPSA) is 70.1 Å². The van der Waals surface area contributed by atoms with Crippen LogP contribution < -0.4 is 0 Å². The monoisotopic (exact) mass is 284 g/mol. The molecule has 1 atom stereocenters. The number of hydrogen-bond donors (Lipinski definition) is 1. The van der Waals surface area contributed by atoms with Gasteiger partial charge < -0.3 is 14.7 Å². The summed E-state index contributed by atoms with van der Waals surface area (Å²) in [5.41, 5.74) is 0. The lowest BCUT2D eigenvalue weighted by Gasteiger charge is -2.34. The van der Waals surface area contributed by atoms with Crippen molar-refractivity contribution in [2.75, 3.05) is 39.3 Å². The van der Waals surface area contributed by atoms with Crippen LogP contribution in [0.5, 0.6) is 0 Å². The quantitative estimate of drug-likeness (QED) is 0.772. The molecule has 2 fully saturated rings. The summed E-state index contributed by atoms with van der Waals surface area (Å²) in [4.78, 5) is 26.6. The summed E-state index contributed by atoms with van der Waals surface area (Å²) in [6, 6.07) is 0. The average Bonchev–Trinajstić information content (AvgIpc) is 2.96. The molecule has 20 heavy (non-hydrogen) atoms. The summed E-state index contributed by atoms with van der Waals surface area (Å²) in [6.07, 6.45) is 4.04. The standard InChI is InChI=1S/C14H24N2O4/c17-13(4-3-12-2-1-11-20-12)16-9-7-15(8-10-16)6-5-14(18)19/h12H,1-11H2,(H,18,19). The Balaban J connectivity index is 1.62. The van der Waals surface area contributed by atoms with Gasteiger partial charge in [-0.25, -0.2) is 0 Å². The van der Waals surface area contributed by atoms with E-state index in [0.29, 0.717) is 26.1 Å². The molecule has 2 saturated heterocycles. The van der Waals surface area contributed by atoms with Crippen molar-refractivity contribution in [1.82, 2.24) is 9.80 Å². The highest BCUT2D eigenvalue weighted by Crippen LogP contribution is 2.17. The maximum absolute atomic E-state index is 12.1. The van der Waals surface area contributed by atoms with Crippen molar-refractivity contribution in [3.8, 4) is 0 Å². The van der Waals surface area contributed by atoms with E-state index in [-0.39, 0.29) is 18.4 Å². The van der Waals surface area contributed by atoms with Gasteiger partial charge in [-0.2, -0.15) is 0 Å². The van der Waals surface area contributed by atoms with Crippen LogP contribution >= 0.6 is 0 Å². The molecule has 2 heterocycles. The number of carboxylic acid groups (broad SMARTS) is 1. The van der Waals surface area contributed by atoms with Gasteiger partial charge in [0.25, 0.3) is 0 Å². The summed E-state index contributed by atoms with van der Waals surface area (Å²) < 4.78 is 5.53. The summed E-state index contributed by atoms with van der Waals surface area (Å²) >= 11 is 0. The Hall–Kier alpha value is -1.14. The second-order valence-electron chi connectivity index (χ2n) is 5.54. The summed E-state index contributed by atoms with van der Waals surface area (Å²) in [6.45, 7) is 4.39. The molecule has 0 spiro atoms. The predicted molar refractivity (Wildman–Crippen MR) is 73.5 cm³/mol. The largest absolute Gasteiger partial charge is 0.481 e. The molecule has 1 N–H and O–H groups in total. The highest BCUT2D eigenvalue weighted by molar-refractivity contribution is 5.76. The number of hydrogen-bond acceptors (Lipinski definition) is 4. The molecule has 1 unspecified atom stereocenters. The maximum atomic E-state index is 12.1. The van der Waals surface area contributed by atoms with E-state index in [2.05, 4.69) is 4.90 Å². The van der Waals surface area contributed by atoms with Crippen molar-refractivity contribution in [2.45, 2.75) is 38.2 Å². The molecule has 2 aliphatic heterocycles. The molecule has 0 radical (unpaired) electrons. The van der Waals surface area contributed by atoms with Gasteiger partial charge in [-0.05, 0) is 19.3 Å². The zero-order chi connectivity index (χ0) is 14.4. The number of carboxylic acids is 1. The minimum absolute atomic E-state index is 0.174. The molecule has 0 aromatic carbocycles. The lowest BCUT2D eigenvalue weighted by atomic mass is 10.1. The van der Waals surface area contributed by atoms with Crippen LogP contribution in [-0.2, 0) is 14.3 Å². The normalized spacial score (nSPS) is 24.0. The average molecular weight is 284 g/mol. The van der Waals surface area contributed by atoms with E-state index in [1.165, 1.54) is 0 Å². The predicted octanol–water partition coefficient (Wildman–Crippen LogP) is 0.564. The summed E-state index contributed by atoms with van der Waals surface area (Å²) in [5.74, 6) is -0.557. The van der Waals surface area contributed by atoms with Gasteiger partial charge >= 0.3 is 5.97 Å². The SMILES string of the molecule is O=C(O)CCN1CCN(C(=O)CCC2CCCO2)CC1. The molecule has 0 bridgehead atoms. The smallest absolute Gasteiger partial charge is 0.304 e. The molecule has 114 valence electrons. The van der Waals surface area contributed by atoms with Crippen molar-refractivity contribution in [1.29, 1.82) is 0 Å². The van der Waals surface area contributed by atoms with E-state index >= 15 is 0 Å². The zero-order valence-electron chi connectivity index (χ0n) is 11.9. The van der Waals surface area contributed by atoms with E-state index in [0.717, 1.165) is 39.0 Å². The fraction of sp³-hybridized carbons (Fsp3) is 0.857. The maximum Gasteiger partial charge on any atom is 0.304 e. The van der Waals surface area contributed by atoms with Gasteiger partial charge in [-0.1, -0.05) is 0 Å². The minimum atomic E-state index is -0.764. The highest BCUT2D eigenvalue weighted by atomic mass is 16.5. The Bertz CT molecular complexity index is 334. The van der Waals surface area contributed by atoms with Gasteiger partial charge in [0.15, 0.2) is 0 Å². The first kappa shape index (κ1) is 15.3. The van der Waals surface area contributed by atoms with Crippen molar-refractivity contribution in [3.05, 3.63) is 0 Å². The fourth-order valence-corrected chi connectivity index (χ4v) is 2.79. The molecule has 1 amide bonds. The molecule has 6 heteroatoms. The van der Waals surface area contributed by atoms with Gasteiger partial charge in [0.1, 0.15) is 0 Å². The lowest BCUT2D eigenvalue weighted by Crippen LogP contribution is -2.49. The summed E-state index contributed by atoms with van der Waals surface area (Å²) in [5, 5.41) is 8.66. The van der Waals surface area contributed by atoms with Gasteiger partial charge in [0.05, 0.1) is 12.5 Å². The summed E-state index contributed by atoms with van der Waals surface area (Å²) in [7, 11) is 0. The van der Waals surface area contributed by atoms with Gasteiger partial charge in [-0.3, -0.25) is 14.5 Å². The fourth-order valence-electron chi connectivity index (χ4n) is 2.79. The number of piperazine rings is 1. The van der Waals surface area contributed by atoms with Crippen LogP contribution in [0.1, 0.15) is 32.1 Å². The van der Waals surface area contributed by atoms with E-state index in [1.54, 1.807) is 0 Å². The molecule has 6 nitrogen and oxygen atoms in total. The molecule has 0 aromatic rings. The van der Waals surface area contributed by atoms with Crippen LogP contribution in [0.3, 0.4) is 0 Å². The zero-order valence-corrected chi connectivity index (χ0v) is 11.9. The van der Waals surface area contributed by atoms with Crippen LogP contribution in [-0.4, -0.2) is 72.2 Å².